The van der Waals surface area contributed by atoms with Crippen molar-refractivity contribution in [3.8, 4) is 0 Å². The molecule has 1 unspecified atom stereocenters. The molecular weight excluding hydrogens is 250 g/mol. The van der Waals surface area contributed by atoms with Crippen molar-refractivity contribution in [3.63, 3.8) is 0 Å². The lowest BCUT2D eigenvalue weighted by Gasteiger charge is -2.18. The molecule has 2 heterocycles. The number of benzene rings is 1. The molecule has 0 saturated heterocycles. The van der Waals surface area contributed by atoms with Crippen molar-refractivity contribution in [2.24, 2.45) is 0 Å². The van der Waals surface area contributed by atoms with Crippen LogP contribution in [0.1, 0.15) is 40.5 Å². The zero-order chi connectivity index (χ0) is 13.5. The molecule has 2 aliphatic rings. The lowest BCUT2D eigenvalue weighted by Crippen LogP contribution is -2.32. The Hall–Kier alpha value is -1.94. The number of nitrogens with one attached hydrogen (secondary N) is 2. The van der Waals surface area contributed by atoms with E-state index in [0.29, 0.717) is 6.54 Å². The van der Waals surface area contributed by atoms with Crippen LogP contribution >= 0.6 is 0 Å². The van der Waals surface area contributed by atoms with Gasteiger partial charge in [-0.3, -0.25) is 4.79 Å². The van der Waals surface area contributed by atoms with Gasteiger partial charge in [0, 0.05) is 18.0 Å². The van der Waals surface area contributed by atoms with Gasteiger partial charge in [-0.25, -0.2) is 4.98 Å². The fourth-order valence-electron chi connectivity index (χ4n) is 3.39. The third kappa shape index (κ3) is 1.79. The number of nitrogens with zero attached hydrogens (tertiary/aromatic N) is 1. The third-order valence-electron chi connectivity index (χ3n) is 4.43. The van der Waals surface area contributed by atoms with Crippen molar-refractivity contribution < 1.29 is 0 Å². The average Bonchev–Trinajstić information content (AvgIpc) is 2.91. The van der Waals surface area contributed by atoms with Gasteiger partial charge in [0.15, 0.2) is 0 Å². The molecule has 1 atom stereocenters. The van der Waals surface area contributed by atoms with Crippen LogP contribution in [0.2, 0.25) is 0 Å². The van der Waals surface area contributed by atoms with Crippen molar-refractivity contribution in [2.45, 2.75) is 31.7 Å². The molecule has 0 spiro atoms. The molecule has 0 fully saturated rings. The summed E-state index contributed by atoms with van der Waals surface area (Å²) in [4.78, 5) is 20.0. The van der Waals surface area contributed by atoms with Crippen molar-refractivity contribution in [1.29, 1.82) is 0 Å². The number of aryl methyl sites for hydroxylation is 1. The second-order valence-corrected chi connectivity index (χ2v) is 5.59. The van der Waals surface area contributed by atoms with Gasteiger partial charge < -0.3 is 10.3 Å². The Labute approximate surface area is 117 Å². The predicted molar refractivity (Wildman–Crippen MR) is 76.9 cm³/mol. The first-order chi connectivity index (χ1) is 9.83. The molecule has 0 saturated carbocycles. The number of hydrogen-bond donors (Lipinski definition) is 2. The van der Waals surface area contributed by atoms with Crippen molar-refractivity contribution in [2.75, 3.05) is 6.54 Å². The highest BCUT2D eigenvalue weighted by molar-refractivity contribution is 5.39. The maximum atomic E-state index is 12.2. The standard InChI is InChI=1S/C16H17N3O/c20-16-13-7-8-17-9-14(13)18-15(19-16)12-6-5-10-3-1-2-4-11(10)12/h1-4,12,17H,5-9H2,(H,18,19,20). The van der Waals surface area contributed by atoms with E-state index in [1.165, 1.54) is 11.1 Å². The van der Waals surface area contributed by atoms with E-state index in [4.69, 9.17) is 4.98 Å². The Kier molecular flexibility index (Phi) is 2.70. The van der Waals surface area contributed by atoms with Crippen LogP contribution in [0.15, 0.2) is 29.1 Å². The zero-order valence-corrected chi connectivity index (χ0v) is 11.3. The molecule has 2 aromatic rings. The van der Waals surface area contributed by atoms with Crippen LogP contribution in [0.5, 0.6) is 0 Å². The fourth-order valence-corrected chi connectivity index (χ4v) is 3.39. The highest BCUT2D eigenvalue weighted by Crippen LogP contribution is 2.36. The molecule has 4 heteroatoms. The number of rotatable bonds is 1. The number of aromatic nitrogens is 2. The molecule has 1 aliphatic carbocycles. The van der Waals surface area contributed by atoms with Crippen molar-refractivity contribution >= 4 is 0 Å². The molecule has 2 N–H and O–H groups in total. The molecule has 1 aliphatic heterocycles. The van der Waals surface area contributed by atoms with E-state index in [-0.39, 0.29) is 11.5 Å². The highest BCUT2D eigenvalue weighted by Gasteiger charge is 2.27. The van der Waals surface area contributed by atoms with Gasteiger partial charge in [0.1, 0.15) is 5.82 Å². The second kappa shape index (κ2) is 4.56. The number of aromatic amines is 1. The van der Waals surface area contributed by atoms with E-state index < -0.39 is 0 Å². The molecule has 0 bridgehead atoms. The summed E-state index contributed by atoms with van der Waals surface area (Å²) < 4.78 is 0. The first-order valence-corrected chi connectivity index (χ1v) is 7.23. The smallest absolute Gasteiger partial charge is 0.254 e. The topological polar surface area (TPSA) is 57.8 Å². The maximum Gasteiger partial charge on any atom is 0.254 e. The summed E-state index contributed by atoms with van der Waals surface area (Å²) in [5, 5.41) is 3.29. The van der Waals surface area contributed by atoms with Crippen LogP contribution in [0, 0.1) is 0 Å². The molecule has 1 aromatic heterocycles. The Morgan fingerprint density at radius 1 is 1.20 bits per heavy atom. The minimum Gasteiger partial charge on any atom is -0.311 e. The predicted octanol–water partition coefficient (Wildman–Crippen LogP) is 1.49. The summed E-state index contributed by atoms with van der Waals surface area (Å²) >= 11 is 0. The summed E-state index contributed by atoms with van der Waals surface area (Å²) in [6.45, 7) is 1.57. The normalized spacial score (nSPS) is 20.5. The molecule has 1 aromatic carbocycles. The van der Waals surface area contributed by atoms with Crippen LogP contribution < -0.4 is 10.9 Å². The monoisotopic (exact) mass is 267 g/mol. The quantitative estimate of drug-likeness (QED) is 0.823. The Bertz CT molecular complexity index is 720. The van der Waals surface area contributed by atoms with E-state index in [2.05, 4.69) is 34.6 Å². The SMILES string of the molecule is O=c1[nH]c(C2CCc3ccccc32)nc2c1CCNC2. The summed E-state index contributed by atoms with van der Waals surface area (Å²) in [5.41, 5.74) is 4.55. The maximum absolute atomic E-state index is 12.2. The minimum atomic E-state index is 0.0517. The van der Waals surface area contributed by atoms with Crippen LogP contribution in [-0.4, -0.2) is 16.5 Å². The Morgan fingerprint density at radius 3 is 3.05 bits per heavy atom. The van der Waals surface area contributed by atoms with Gasteiger partial charge >= 0.3 is 0 Å². The lowest BCUT2D eigenvalue weighted by molar-refractivity contribution is 0.602. The van der Waals surface area contributed by atoms with Gasteiger partial charge in [0.2, 0.25) is 0 Å². The lowest BCUT2D eigenvalue weighted by atomic mass is 9.99. The van der Waals surface area contributed by atoms with Gasteiger partial charge in [0.05, 0.1) is 5.69 Å². The number of hydrogen-bond acceptors (Lipinski definition) is 3. The van der Waals surface area contributed by atoms with E-state index in [0.717, 1.165) is 42.9 Å². The number of H-pyrrole nitrogens is 1. The molecule has 102 valence electrons. The number of fused-ring (bicyclic) bond motifs is 2. The van der Waals surface area contributed by atoms with E-state index in [1.807, 2.05) is 0 Å². The van der Waals surface area contributed by atoms with Crippen LogP contribution in [0.4, 0.5) is 0 Å². The third-order valence-corrected chi connectivity index (χ3v) is 4.43. The second-order valence-electron chi connectivity index (χ2n) is 5.59. The molecule has 0 amide bonds. The largest absolute Gasteiger partial charge is 0.311 e. The van der Waals surface area contributed by atoms with Gasteiger partial charge in [-0.2, -0.15) is 0 Å². The molecule has 4 nitrogen and oxygen atoms in total. The molecule has 0 radical (unpaired) electrons. The van der Waals surface area contributed by atoms with E-state index in [1.54, 1.807) is 0 Å². The Balaban J connectivity index is 1.81. The first-order valence-electron chi connectivity index (χ1n) is 7.23. The van der Waals surface area contributed by atoms with Crippen LogP contribution in [0.25, 0.3) is 0 Å². The summed E-state index contributed by atoms with van der Waals surface area (Å²) in [7, 11) is 0. The highest BCUT2D eigenvalue weighted by atomic mass is 16.1. The summed E-state index contributed by atoms with van der Waals surface area (Å²) in [5.74, 6) is 1.08. The molecule has 20 heavy (non-hydrogen) atoms. The molecular formula is C16H17N3O. The van der Waals surface area contributed by atoms with Crippen molar-refractivity contribution in [3.05, 3.63) is 62.8 Å². The first kappa shape index (κ1) is 11.9. The van der Waals surface area contributed by atoms with E-state index in [9.17, 15) is 4.79 Å². The van der Waals surface area contributed by atoms with Gasteiger partial charge in [0.25, 0.3) is 5.56 Å². The van der Waals surface area contributed by atoms with Gasteiger partial charge in [-0.15, -0.1) is 0 Å². The molecule has 4 rings (SSSR count). The van der Waals surface area contributed by atoms with Gasteiger partial charge in [-0.1, -0.05) is 24.3 Å². The zero-order valence-electron chi connectivity index (χ0n) is 11.3. The van der Waals surface area contributed by atoms with E-state index >= 15 is 0 Å². The van der Waals surface area contributed by atoms with Crippen molar-refractivity contribution in [1.82, 2.24) is 15.3 Å². The van der Waals surface area contributed by atoms with Crippen LogP contribution in [-0.2, 0) is 19.4 Å². The van der Waals surface area contributed by atoms with Crippen LogP contribution in [0.3, 0.4) is 0 Å². The summed E-state index contributed by atoms with van der Waals surface area (Å²) in [6.07, 6.45) is 2.88. The van der Waals surface area contributed by atoms with Gasteiger partial charge in [-0.05, 0) is 36.9 Å². The Morgan fingerprint density at radius 2 is 2.10 bits per heavy atom. The summed E-state index contributed by atoms with van der Waals surface area (Å²) in [6, 6.07) is 8.47. The minimum absolute atomic E-state index is 0.0517. The fraction of sp³-hybridized carbons (Fsp3) is 0.375. The average molecular weight is 267 g/mol.